The zero-order valence-electron chi connectivity index (χ0n) is 10.7. The molecule has 0 saturated carbocycles. The molecule has 0 aliphatic rings. The third-order valence-corrected chi connectivity index (χ3v) is 2.63. The highest BCUT2D eigenvalue weighted by Gasteiger charge is 2.05. The van der Waals surface area contributed by atoms with Gasteiger partial charge in [-0.2, -0.15) is 5.10 Å². The molecule has 1 aromatic heterocycles. The monoisotopic (exact) mass is 272 g/mol. The summed E-state index contributed by atoms with van der Waals surface area (Å²) in [6, 6.07) is 7.48. The number of aromatic nitrogens is 2. The lowest BCUT2D eigenvalue weighted by Crippen LogP contribution is -2.22. The molecule has 102 valence electrons. The van der Waals surface area contributed by atoms with Crippen molar-refractivity contribution >= 4 is 0 Å². The zero-order valence-corrected chi connectivity index (χ0v) is 10.7. The van der Waals surface area contributed by atoms with E-state index in [-0.39, 0.29) is 18.7 Å². The molecule has 5 heteroatoms. The van der Waals surface area contributed by atoms with Crippen LogP contribution in [0.5, 0.6) is 0 Å². The Kier molecular flexibility index (Phi) is 4.64. The highest BCUT2D eigenvalue weighted by molar-refractivity contribution is 5.37. The minimum absolute atomic E-state index is 0.0177. The van der Waals surface area contributed by atoms with Crippen LogP contribution in [0, 0.1) is 17.7 Å². The van der Waals surface area contributed by atoms with Gasteiger partial charge >= 0.3 is 0 Å². The molecule has 0 unspecified atom stereocenters. The lowest BCUT2D eigenvalue weighted by molar-refractivity contribution is 0.305. The van der Waals surface area contributed by atoms with Gasteiger partial charge in [0.15, 0.2) is 0 Å². The first-order chi connectivity index (χ1) is 9.70. The van der Waals surface area contributed by atoms with Crippen LogP contribution in [0.1, 0.15) is 17.5 Å². The van der Waals surface area contributed by atoms with E-state index in [0.717, 1.165) is 0 Å². The number of rotatable bonds is 3. The van der Waals surface area contributed by atoms with Gasteiger partial charge in [0, 0.05) is 29.8 Å². The topological polar surface area (TPSA) is 55.1 Å². The predicted molar refractivity (Wildman–Crippen MR) is 72.6 cm³/mol. The predicted octanol–water partition coefficient (Wildman–Crippen LogP) is 1.16. The van der Waals surface area contributed by atoms with E-state index in [4.69, 9.17) is 5.11 Å². The van der Waals surface area contributed by atoms with Crippen LogP contribution < -0.4 is 5.56 Å². The first kappa shape index (κ1) is 14.0. The molecule has 1 heterocycles. The molecule has 0 fully saturated rings. The van der Waals surface area contributed by atoms with Crippen LogP contribution in [0.25, 0.3) is 0 Å². The van der Waals surface area contributed by atoms with Crippen molar-refractivity contribution in [2.45, 2.75) is 13.0 Å². The van der Waals surface area contributed by atoms with Crippen molar-refractivity contribution in [3.05, 3.63) is 63.8 Å². The summed E-state index contributed by atoms with van der Waals surface area (Å²) in [6.45, 7) is 0.0615. The summed E-state index contributed by atoms with van der Waals surface area (Å²) in [5, 5.41) is 12.5. The van der Waals surface area contributed by atoms with Crippen molar-refractivity contribution in [3.63, 3.8) is 0 Å². The summed E-state index contributed by atoms with van der Waals surface area (Å²) in [5.41, 5.74) is 0.630. The second-order valence-electron chi connectivity index (χ2n) is 4.10. The molecule has 2 aromatic rings. The summed E-state index contributed by atoms with van der Waals surface area (Å²) in [5.74, 6) is 5.05. The number of benzene rings is 1. The first-order valence-corrected chi connectivity index (χ1v) is 6.11. The minimum Gasteiger partial charge on any atom is -0.395 e. The highest BCUT2D eigenvalue weighted by atomic mass is 19.1. The Morgan fingerprint density at radius 2 is 2.20 bits per heavy atom. The second-order valence-corrected chi connectivity index (χ2v) is 4.10. The van der Waals surface area contributed by atoms with Gasteiger partial charge in [0.25, 0.3) is 5.56 Å². The molecule has 0 spiro atoms. The van der Waals surface area contributed by atoms with Crippen molar-refractivity contribution in [1.29, 1.82) is 0 Å². The maximum atomic E-state index is 13.9. The summed E-state index contributed by atoms with van der Waals surface area (Å²) in [6.07, 6.45) is 1.83. The van der Waals surface area contributed by atoms with Crippen LogP contribution in [0.2, 0.25) is 0 Å². The molecule has 0 radical (unpaired) electrons. The Morgan fingerprint density at radius 1 is 1.35 bits per heavy atom. The fourth-order valence-electron chi connectivity index (χ4n) is 1.64. The number of halogens is 1. The van der Waals surface area contributed by atoms with Gasteiger partial charge in [0.2, 0.25) is 0 Å². The van der Waals surface area contributed by atoms with Crippen LogP contribution in [-0.4, -0.2) is 21.5 Å². The molecule has 4 nitrogen and oxygen atoms in total. The minimum atomic E-state index is -0.432. The van der Waals surface area contributed by atoms with Gasteiger partial charge in [-0.05, 0) is 18.2 Å². The maximum Gasteiger partial charge on any atom is 0.267 e. The molecular weight excluding hydrogens is 259 g/mol. The van der Waals surface area contributed by atoms with Crippen LogP contribution in [0.15, 0.2) is 41.3 Å². The average Bonchev–Trinajstić information content (AvgIpc) is 2.44. The lowest BCUT2D eigenvalue weighted by atomic mass is 10.1. The van der Waals surface area contributed by atoms with Gasteiger partial charge < -0.3 is 5.11 Å². The second kappa shape index (κ2) is 6.64. The quantitative estimate of drug-likeness (QED) is 0.853. The number of aliphatic hydroxyl groups excluding tert-OH is 1. The highest BCUT2D eigenvalue weighted by Crippen LogP contribution is 2.10. The maximum absolute atomic E-state index is 13.9. The summed E-state index contributed by atoms with van der Waals surface area (Å²) < 4.78 is 15.1. The van der Waals surface area contributed by atoms with Gasteiger partial charge in [0.05, 0.1) is 13.2 Å². The van der Waals surface area contributed by atoms with Crippen molar-refractivity contribution < 1.29 is 9.50 Å². The third-order valence-electron chi connectivity index (χ3n) is 2.63. The molecule has 2 rings (SSSR count). The number of nitrogens with zero attached hydrogens (tertiary/aromatic N) is 2. The van der Waals surface area contributed by atoms with Crippen molar-refractivity contribution in [1.82, 2.24) is 9.78 Å². The zero-order chi connectivity index (χ0) is 14.4. The molecule has 0 bridgehead atoms. The van der Waals surface area contributed by atoms with Crippen molar-refractivity contribution in [2.24, 2.45) is 0 Å². The molecule has 1 aromatic carbocycles. The van der Waals surface area contributed by atoms with Crippen LogP contribution in [-0.2, 0) is 6.54 Å². The fraction of sp³-hybridized carbons (Fsp3) is 0.200. The van der Waals surface area contributed by atoms with E-state index in [0.29, 0.717) is 17.5 Å². The number of aliphatic hydroxyl groups is 1. The van der Waals surface area contributed by atoms with Crippen LogP contribution >= 0.6 is 0 Å². The summed E-state index contributed by atoms with van der Waals surface area (Å²) >= 11 is 0. The Balaban J connectivity index is 2.21. The fourth-order valence-corrected chi connectivity index (χ4v) is 1.64. The van der Waals surface area contributed by atoms with Crippen LogP contribution in [0.4, 0.5) is 4.39 Å². The Hall–Kier alpha value is -2.45. The Bertz CT molecular complexity index is 714. The van der Waals surface area contributed by atoms with E-state index in [1.165, 1.54) is 29.1 Å². The van der Waals surface area contributed by atoms with E-state index in [1.54, 1.807) is 12.1 Å². The first-order valence-electron chi connectivity index (χ1n) is 6.11. The molecule has 0 aliphatic heterocycles. The van der Waals surface area contributed by atoms with Gasteiger partial charge in [0.1, 0.15) is 5.82 Å². The van der Waals surface area contributed by atoms with E-state index in [2.05, 4.69) is 16.9 Å². The van der Waals surface area contributed by atoms with Gasteiger partial charge in [-0.25, -0.2) is 9.07 Å². The van der Waals surface area contributed by atoms with E-state index >= 15 is 0 Å². The van der Waals surface area contributed by atoms with Gasteiger partial charge in [-0.15, -0.1) is 0 Å². The summed E-state index contributed by atoms with van der Waals surface area (Å²) in [7, 11) is 0. The Morgan fingerprint density at radius 3 is 2.90 bits per heavy atom. The SMILES string of the molecule is O=c1cccnn1Cc1ccc(C#CCCO)cc1F. The molecular formula is C15H13FN2O2. The molecule has 0 aliphatic carbocycles. The Labute approximate surface area is 115 Å². The van der Waals surface area contributed by atoms with Crippen molar-refractivity contribution in [3.8, 4) is 11.8 Å². The lowest BCUT2D eigenvalue weighted by Gasteiger charge is -2.05. The normalized spacial score (nSPS) is 9.90. The molecule has 1 N–H and O–H groups in total. The van der Waals surface area contributed by atoms with E-state index < -0.39 is 5.82 Å². The smallest absolute Gasteiger partial charge is 0.267 e. The van der Waals surface area contributed by atoms with Crippen molar-refractivity contribution in [2.75, 3.05) is 6.61 Å². The summed E-state index contributed by atoms with van der Waals surface area (Å²) in [4.78, 5) is 11.5. The number of hydrogen-bond donors (Lipinski definition) is 1. The van der Waals surface area contributed by atoms with Gasteiger partial charge in [-0.1, -0.05) is 17.9 Å². The van der Waals surface area contributed by atoms with E-state index in [1.807, 2.05) is 0 Å². The third kappa shape index (κ3) is 3.53. The van der Waals surface area contributed by atoms with Gasteiger partial charge in [-0.3, -0.25) is 4.79 Å². The molecule has 0 amide bonds. The van der Waals surface area contributed by atoms with E-state index in [9.17, 15) is 9.18 Å². The largest absolute Gasteiger partial charge is 0.395 e. The average molecular weight is 272 g/mol. The van der Waals surface area contributed by atoms with Crippen LogP contribution in [0.3, 0.4) is 0 Å². The molecule has 20 heavy (non-hydrogen) atoms. The standard InChI is InChI=1S/C15H13FN2O2/c16-14-10-12(4-1-2-9-19)6-7-13(14)11-18-15(20)5-3-8-17-18/h3,5-8,10,19H,2,9,11H2. The number of hydrogen-bond acceptors (Lipinski definition) is 3. The molecule has 0 atom stereocenters. The molecule has 0 saturated heterocycles.